The SMILES string of the molecule is CCC(C)n1c(-c2cccs2)ccc(/C=C/C(=O)O)c1=O. The van der Waals surface area contributed by atoms with Gasteiger partial charge >= 0.3 is 5.97 Å². The van der Waals surface area contributed by atoms with Crippen LogP contribution in [0.2, 0.25) is 0 Å². The van der Waals surface area contributed by atoms with Crippen LogP contribution >= 0.6 is 11.3 Å². The van der Waals surface area contributed by atoms with Gasteiger partial charge < -0.3 is 9.67 Å². The van der Waals surface area contributed by atoms with Gasteiger partial charge in [-0.15, -0.1) is 11.3 Å². The van der Waals surface area contributed by atoms with E-state index in [4.69, 9.17) is 5.11 Å². The molecule has 0 spiro atoms. The van der Waals surface area contributed by atoms with Crippen LogP contribution in [0, 0.1) is 0 Å². The van der Waals surface area contributed by atoms with E-state index in [1.54, 1.807) is 22.0 Å². The maximum atomic E-state index is 12.6. The highest BCUT2D eigenvalue weighted by atomic mass is 32.1. The fraction of sp³-hybridized carbons (Fsp3) is 0.250. The van der Waals surface area contributed by atoms with Crippen molar-refractivity contribution in [3.05, 3.63) is 51.6 Å². The van der Waals surface area contributed by atoms with Gasteiger partial charge in [-0.05, 0) is 43.0 Å². The molecule has 4 nitrogen and oxygen atoms in total. The molecule has 0 bridgehead atoms. The number of thiophene rings is 1. The van der Waals surface area contributed by atoms with Gasteiger partial charge in [0.05, 0.1) is 10.6 Å². The van der Waals surface area contributed by atoms with E-state index in [1.807, 2.05) is 37.4 Å². The first-order chi connectivity index (χ1) is 10.0. The number of aromatic nitrogens is 1. The molecule has 21 heavy (non-hydrogen) atoms. The normalized spacial score (nSPS) is 12.7. The molecule has 0 saturated carbocycles. The third kappa shape index (κ3) is 3.31. The molecular formula is C16H17NO3S. The zero-order chi connectivity index (χ0) is 15.4. The highest BCUT2D eigenvalue weighted by Gasteiger charge is 2.14. The van der Waals surface area contributed by atoms with Crippen LogP contribution in [0.4, 0.5) is 0 Å². The fourth-order valence-electron chi connectivity index (χ4n) is 2.10. The summed E-state index contributed by atoms with van der Waals surface area (Å²) in [5.74, 6) is -1.06. The van der Waals surface area contributed by atoms with Crippen LogP contribution < -0.4 is 5.56 Å². The minimum absolute atomic E-state index is 0.0489. The summed E-state index contributed by atoms with van der Waals surface area (Å²) < 4.78 is 1.74. The van der Waals surface area contributed by atoms with Gasteiger partial charge in [0, 0.05) is 17.7 Å². The lowest BCUT2D eigenvalue weighted by Gasteiger charge is -2.18. The molecule has 0 aliphatic rings. The first-order valence-electron chi connectivity index (χ1n) is 6.75. The van der Waals surface area contributed by atoms with Crippen molar-refractivity contribution in [2.45, 2.75) is 26.3 Å². The monoisotopic (exact) mass is 303 g/mol. The molecule has 5 heteroatoms. The van der Waals surface area contributed by atoms with E-state index < -0.39 is 5.97 Å². The molecule has 1 unspecified atom stereocenters. The number of pyridine rings is 1. The Morgan fingerprint density at radius 3 is 2.76 bits per heavy atom. The Hall–Kier alpha value is -2.14. The van der Waals surface area contributed by atoms with Crippen molar-refractivity contribution in [1.82, 2.24) is 4.57 Å². The van der Waals surface area contributed by atoms with Crippen molar-refractivity contribution >= 4 is 23.4 Å². The summed E-state index contributed by atoms with van der Waals surface area (Å²) in [4.78, 5) is 24.3. The molecule has 0 amide bonds. The zero-order valence-corrected chi connectivity index (χ0v) is 12.8. The minimum atomic E-state index is -1.06. The van der Waals surface area contributed by atoms with Crippen molar-refractivity contribution in [2.24, 2.45) is 0 Å². The van der Waals surface area contributed by atoms with Crippen LogP contribution in [0.5, 0.6) is 0 Å². The van der Waals surface area contributed by atoms with E-state index in [-0.39, 0.29) is 11.6 Å². The van der Waals surface area contributed by atoms with Crippen LogP contribution in [0.15, 0.2) is 40.5 Å². The standard InChI is InChI=1S/C16H17NO3S/c1-3-11(2)17-13(14-5-4-10-21-14)8-6-12(16(17)20)7-9-15(18)19/h4-11H,3H2,1-2H3,(H,18,19)/b9-7+. The first-order valence-corrected chi connectivity index (χ1v) is 7.63. The Morgan fingerprint density at radius 1 is 1.43 bits per heavy atom. The Bertz CT molecular complexity index is 714. The molecule has 0 aromatic carbocycles. The van der Waals surface area contributed by atoms with E-state index in [9.17, 15) is 9.59 Å². The molecule has 2 aromatic rings. The van der Waals surface area contributed by atoms with E-state index in [2.05, 4.69) is 0 Å². The predicted molar refractivity (Wildman–Crippen MR) is 85.7 cm³/mol. The molecule has 2 heterocycles. The molecular weight excluding hydrogens is 286 g/mol. The van der Waals surface area contributed by atoms with Gasteiger partial charge in [-0.3, -0.25) is 4.79 Å². The highest BCUT2D eigenvalue weighted by Crippen LogP contribution is 2.26. The van der Waals surface area contributed by atoms with Gasteiger partial charge in [0.25, 0.3) is 5.56 Å². The topological polar surface area (TPSA) is 59.3 Å². The van der Waals surface area contributed by atoms with Crippen LogP contribution in [-0.2, 0) is 4.79 Å². The number of carboxylic acid groups (broad SMARTS) is 1. The quantitative estimate of drug-likeness (QED) is 0.858. The largest absolute Gasteiger partial charge is 0.478 e. The molecule has 0 aliphatic heterocycles. The molecule has 0 fully saturated rings. The maximum absolute atomic E-state index is 12.6. The summed E-state index contributed by atoms with van der Waals surface area (Å²) in [5, 5.41) is 10.7. The third-order valence-electron chi connectivity index (χ3n) is 3.36. The Morgan fingerprint density at radius 2 is 2.19 bits per heavy atom. The van der Waals surface area contributed by atoms with Crippen molar-refractivity contribution < 1.29 is 9.90 Å². The van der Waals surface area contributed by atoms with Gasteiger partial charge in [-0.2, -0.15) is 0 Å². The third-order valence-corrected chi connectivity index (χ3v) is 4.25. The van der Waals surface area contributed by atoms with Gasteiger partial charge in [0.15, 0.2) is 0 Å². The molecule has 0 aliphatic carbocycles. The van der Waals surface area contributed by atoms with Crippen molar-refractivity contribution in [3.8, 4) is 10.6 Å². The van der Waals surface area contributed by atoms with Crippen LogP contribution in [0.1, 0.15) is 31.9 Å². The van der Waals surface area contributed by atoms with E-state index in [0.29, 0.717) is 5.56 Å². The molecule has 2 aromatic heterocycles. The maximum Gasteiger partial charge on any atom is 0.328 e. The number of hydrogen-bond acceptors (Lipinski definition) is 3. The van der Waals surface area contributed by atoms with Crippen LogP contribution in [0.25, 0.3) is 16.6 Å². The summed E-state index contributed by atoms with van der Waals surface area (Å²) in [5.41, 5.74) is 1.10. The molecule has 110 valence electrons. The molecule has 2 rings (SSSR count). The Labute approximate surface area is 127 Å². The summed E-state index contributed by atoms with van der Waals surface area (Å²) in [6.45, 7) is 4.01. The molecule has 0 saturated heterocycles. The summed E-state index contributed by atoms with van der Waals surface area (Å²) in [7, 11) is 0. The second-order valence-corrected chi connectivity index (χ2v) is 5.70. The van der Waals surface area contributed by atoms with E-state index >= 15 is 0 Å². The van der Waals surface area contributed by atoms with Gasteiger partial charge in [-0.25, -0.2) is 4.79 Å². The van der Waals surface area contributed by atoms with Gasteiger partial charge in [0.2, 0.25) is 0 Å². The summed E-state index contributed by atoms with van der Waals surface area (Å²) in [6.07, 6.45) is 3.16. The second-order valence-electron chi connectivity index (χ2n) is 4.76. The summed E-state index contributed by atoms with van der Waals surface area (Å²) >= 11 is 1.58. The number of carbonyl (C=O) groups is 1. The number of hydrogen-bond donors (Lipinski definition) is 1. The van der Waals surface area contributed by atoms with E-state index in [1.165, 1.54) is 6.08 Å². The number of rotatable bonds is 5. The fourth-order valence-corrected chi connectivity index (χ4v) is 2.85. The predicted octanol–water partition coefficient (Wildman–Crippen LogP) is 3.65. The number of carboxylic acids is 1. The average molecular weight is 303 g/mol. The van der Waals surface area contributed by atoms with Gasteiger partial charge in [0.1, 0.15) is 0 Å². The lowest BCUT2D eigenvalue weighted by Crippen LogP contribution is -2.26. The van der Waals surface area contributed by atoms with Crippen LogP contribution in [-0.4, -0.2) is 15.6 Å². The summed E-state index contributed by atoms with van der Waals surface area (Å²) in [6, 6.07) is 7.53. The Balaban J connectivity index is 2.62. The van der Waals surface area contributed by atoms with Gasteiger partial charge in [-0.1, -0.05) is 13.0 Å². The first kappa shape index (κ1) is 15.3. The van der Waals surface area contributed by atoms with Crippen molar-refractivity contribution in [2.75, 3.05) is 0 Å². The second kappa shape index (κ2) is 6.54. The lowest BCUT2D eigenvalue weighted by molar-refractivity contribution is -0.131. The average Bonchev–Trinajstić information content (AvgIpc) is 2.98. The van der Waals surface area contributed by atoms with Crippen molar-refractivity contribution in [3.63, 3.8) is 0 Å². The lowest BCUT2D eigenvalue weighted by atomic mass is 10.1. The smallest absolute Gasteiger partial charge is 0.328 e. The van der Waals surface area contributed by atoms with E-state index in [0.717, 1.165) is 23.1 Å². The number of aliphatic carboxylic acids is 1. The number of nitrogens with zero attached hydrogens (tertiary/aromatic N) is 1. The molecule has 1 N–H and O–H groups in total. The molecule has 1 atom stereocenters. The van der Waals surface area contributed by atoms with Crippen molar-refractivity contribution in [1.29, 1.82) is 0 Å². The highest BCUT2D eigenvalue weighted by molar-refractivity contribution is 7.13. The Kier molecular flexibility index (Phi) is 4.75. The minimum Gasteiger partial charge on any atom is -0.478 e. The molecule has 0 radical (unpaired) electrons. The van der Waals surface area contributed by atoms with Crippen LogP contribution in [0.3, 0.4) is 0 Å². The zero-order valence-electron chi connectivity index (χ0n) is 11.9.